The minimum Gasteiger partial charge on any atom is -0.508 e. The number of hydrogen-bond donors (Lipinski definition) is 2. The first-order chi connectivity index (χ1) is 12.9. The van der Waals surface area contributed by atoms with Crippen molar-refractivity contribution in [1.29, 1.82) is 0 Å². The van der Waals surface area contributed by atoms with Crippen molar-refractivity contribution in [2.75, 3.05) is 20.2 Å². The number of primary amides is 1. The maximum atomic E-state index is 11.4. The average molecular weight is 367 g/mol. The molecule has 0 saturated carbocycles. The Kier molecular flexibility index (Phi) is 4.30. The predicted molar refractivity (Wildman–Crippen MR) is 102 cm³/mol. The Morgan fingerprint density at radius 1 is 1.41 bits per heavy atom. The molecule has 2 heterocycles. The number of carbonyl (C=O) groups excluding carboxylic acids is 1. The molecule has 1 aliphatic heterocycles. The lowest BCUT2D eigenvalue weighted by atomic mass is 9.58. The van der Waals surface area contributed by atoms with Crippen LogP contribution in [0.3, 0.4) is 0 Å². The number of likely N-dealkylation sites (N-methyl/N-ethyl adjacent to an activating group) is 1. The van der Waals surface area contributed by atoms with Crippen molar-refractivity contribution >= 4 is 5.91 Å². The van der Waals surface area contributed by atoms with Crippen molar-refractivity contribution in [3.63, 3.8) is 0 Å². The summed E-state index contributed by atoms with van der Waals surface area (Å²) < 4.78 is 6.02. The summed E-state index contributed by atoms with van der Waals surface area (Å²) in [6.45, 7) is 3.78. The molecule has 6 heteroatoms. The van der Waals surface area contributed by atoms with Gasteiger partial charge in [-0.2, -0.15) is 0 Å². The number of pyridine rings is 1. The highest BCUT2D eigenvalue weighted by molar-refractivity contribution is 5.92. The minimum absolute atomic E-state index is 0.0786. The summed E-state index contributed by atoms with van der Waals surface area (Å²) in [6, 6.07) is 9.26. The second-order valence-corrected chi connectivity index (χ2v) is 7.93. The van der Waals surface area contributed by atoms with Crippen molar-refractivity contribution in [2.24, 2.45) is 11.7 Å². The summed E-state index contributed by atoms with van der Waals surface area (Å²) in [7, 11) is 2.16. The first-order valence-electron chi connectivity index (χ1n) is 9.30. The van der Waals surface area contributed by atoms with E-state index < -0.39 is 5.91 Å². The number of aromatic hydroxyl groups is 1. The third kappa shape index (κ3) is 3.04. The Labute approximate surface area is 159 Å². The van der Waals surface area contributed by atoms with Crippen LogP contribution in [0.25, 0.3) is 0 Å². The molecule has 142 valence electrons. The molecular weight excluding hydrogens is 342 g/mol. The van der Waals surface area contributed by atoms with Crippen LogP contribution in [0.1, 0.15) is 34.8 Å². The second-order valence-electron chi connectivity index (χ2n) is 7.93. The monoisotopic (exact) mass is 367 g/mol. The highest BCUT2D eigenvalue weighted by Gasteiger charge is 2.50. The van der Waals surface area contributed by atoms with Crippen molar-refractivity contribution in [3.05, 3.63) is 53.2 Å². The molecule has 1 aromatic heterocycles. The summed E-state index contributed by atoms with van der Waals surface area (Å²) in [4.78, 5) is 18.0. The Bertz CT molecular complexity index is 885. The van der Waals surface area contributed by atoms with E-state index in [4.69, 9.17) is 10.5 Å². The van der Waals surface area contributed by atoms with E-state index in [2.05, 4.69) is 23.9 Å². The minimum atomic E-state index is -0.493. The number of ether oxygens (including phenoxy) is 1. The molecular formula is C21H25N3O3. The average Bonchev–Trinajstić information content (AvgIpc) is 2.65. The van der Waals surface area contributed by atoms with Crippen LogP contribution < -0.4 is 10.5 Å². The number of carbonyl (C=O) groups is 1. The molecule has 1 fully saturated rings. The van der Waals surface area contributed by atoms with Gasteiger partial charge in [-0.15, -0.1) is 0 Å². The van der Waals surface area contributed by atoms with Gasteiger partial charge in [0.25, 0.3) is 0 Å². The molecule has 3 N–H and O–H groups in total. The number of phenols is 1. The second kappa shape index (κ2) is 6.53. The van der Waals surface area contributed by atoms with Crippen LogP contribution in [0.5, 0.6) is 11.6 Å². The third-order valence-electron chi connectivity index (χ3n) is 6.40. The maximum Gasteiger partial charge on any atom is 0.248 e. The first kappa shape index (κ1) is 17.8. The number of likely N-dealkylation sites (tertiary alicyclic amines) is 1. The largest absolute Gasteiger partial charge is 0.508 e. The van der Waals surface area contributed by atoms with E-state index in [1.165, 1.54) is 17.3 Å². The van der Waals surface area contributed by atoms with Gasteiger partial charge in [-0.25, -0.2) is 4.98 Å². The lowest BCUT2D eigenvalue weighted by molar-refractivity contribution is 0.0109. The number of phenolic OH excluding ortho intramolecular Hbond substituents is 1. The highest BCUT2D eigenvalue weighted by Crippen LogP contribution is 2.49. The standard InChI is InChI=1S/C21H25N3O3/c1-21-6-8-24(2)18(9-13-3-4-15(25)11-16(13)21)17(21)12-27-19-10-14(20(22)26)5-7-23-19/h3-5,7,10-11,17-18,25H,6,8-9,12H2,1-2H3,(H2,22,26)/t17-,18?,21-/m0/s1. The normalized spacial score (nSPS) is 27.0. The summed E-state index contributed by atoms with van der Waals surface area (Å²) >= 11 is 0. The number of hydrogen-bond acceptors (Lipinski definition) is 5. The number of piperidine rings is 1. The fourth-order valence-corrected chi connectivity index (χ4v) is 4.74. The maximum absolute atomic E-state index is 11.4. The molecule has 0 spiro atoms. The van der Waals surface area contributed by atoms with Gasteiger partial charge in [0.2, 0.25) is 11.8 Å². The van der Waals surface area contributed by atoms with Gasteiger partial charge in [0, 0.05) is 35.2 Å². The zero-order valence-corrected chi connectivity index (χ0v) is 15.7. The lowest BCUT2D eigenvalue weighted by Gasteiger charge is -2.54. The Morgan fingerprint density at radius 2 is 2.22 bits per heavy atom. The van der Waals surface area contributed by atoms with Crippen molar-refractivity contribution in [1.82, 2.24) is 9.88 Å². The Hall–Kier alpha value is -2.60. The molecule has 1 aromatic carbocycles. The molecule has 2 aliphatic rings. The SMILES string of the molecule is CN1CC[C@@]2(C)c3cc(O)ccc3CC1[C@@H]2COc1cc(C(N)=O)ccn1. The van der Waals surface area contributed by atoms with E-state index in [-0.39, 0.29) is 11.3 Å². The van der Waals surface area contributed by atoms with Gasteiger partial charge in [-0.3, -0.25) is 4.79 Å². The van der Waals surface area contributed by atoms with Crippen molar-refractivity contribution in [3.8, 4) is 11.6 Å². The topological polar surface area (TPSA) is 88.7 Å². The van der Waals surface area contributed by atoms with E-state index in [0.717, 1.165) is 19.4 Å². The number of aromatic nitrogens is 1. The Morgan fingerprint density at radius 3 is 3.00 bits per heavy atom. The molecule has 4 rings (SSSR count). The molecule has 6 nitrogen and oxygen atoms in total. The quantitative estimate of drug-likeness (QED) is 0.864. The van der Waals surface area contributed by atoms with Crippen LogP contribution >= 0.6 is 0 Å². The molecule has 27 heavy (non-hydrogen) atoms. The molecule has 1 aliphatic carbocycles. The van der Waals surface area contributed by atoms with Gasteiger partial charge in [0.15, 0.2) is 0 Å². The van der Waals surface area contributed by atoms with Crippen LogP contribution in [0.4, 0.5) is 0 Å². The molecule has 2 bridgehead atoms. The molecule has 1 unspecified atom stereocenters. The van der Waals surface area contributed by atoms with E-state index in [1.54, 1.807) is 18.2 Å². The zero-order chi connectivity index (χ0) is 19.2. The van der Waals surface area contributed by atoms with E-state index in [0.29, 0.717) is 29.8 Å². The van der Waals surface area contributed by atoms with Crippen molar-refractivity contribution < 1.29 is 14.6 Å². The van der Waals surface area contributed by atoms with Gasteiger partial charge in [-0.05, 0) is 55.8 Å². The highest BCUT2D eigenvalue weighted by atomic mass is 16.5. The number of fused-ring (bicyclic) bond motifs is 4. The third-order valence-corrected chi connectivity index (χ3v) is 6.40. The fourth-order valence-electron chi connectivity index (χ4n) is 4.74. The van der Waals surface area contributed by atoms with E-state index >= 15 is 0 Å². The van der Waals surface area contributed by atoms with Crippen LogP contribution in [0.15, 0.2) is 36.5 Å². The van der Waals surface area contributed by atoms with Crippen LogP contribution in [-0.2, 0) is 11.8 Å². The first-order valence-corrected chi connectivity index (χ1v) is 9.30. The number of nitrogens with zero attached hydrogens (tertiary/aromatic N) is 2. The summed E-state index contributed by atoms with van der Waals surface area (Å²) in [5.74, 6) is 0.484. The van der Waals surface area contributed by atoms with E-state index in [1.807, 2.05) is 12.1 Å². The van der Waals surface area contributed by atoms with Gasteiger partial charge >= 0.3 is 0 Å². The van der Waals surface area contributed by atoms with Gasteiger partial charge < -0.3 is 20.5 Å². The number of nitrogens with two attached hydrogens (primary N) is 1. The summed E-state index contributed by atoms with van der Waals surface area (Å²) in [6.07, 6.45) is 3.47. The van der Waals surface area contributed by atoms with E-state index in [9.17, 15) is 9.90 Å². The van der Waals surface area contributed by atoms with Crippen LogP contribution in [0.2, 0.25) is 0 Å². The molecule has 3 atom stereocenters. The molecule has 1 saturated heterocycles. The van der Waals surface area contributed by atoms with Gasteiger partial charge in [-0.1, -0.05) is 13.0 Å². The molecule has 2 aromatic rings. The molecule has 1 amide bonds. The van der Waals surface area contributed by atoms with Crippen LogP contribution in [0, 0.1) is 5.92 Å². The Balaban J connectivity index is 1.64. The number of benzene rings is 1. The predicted octanol–water partition coefficient (Wildman–Crippen LogP) is 2.10. The number of amides is 1. The smallest absolute Gasteiger partial charge is 0.248 e. The lowest BCUT2D eigenvalue weighted by Crippen LogP contribution is -2.59. The van der Waals surface area contributed by atoms with Gasteiger partial charge in [0.1, 0.15) is 5.75 Å². The fraction of sp³-hybridized carbons (Fsp3) is 0.429. The zero-order valence-electron chi connectivity index (χ0n) is 15.7. The van der Waals surface area contributed by atoms with Gasteiger partial charge in [0.05, 0.1) is 6.61 Å². The van der Waals surface area contributed by atoms with Crippen molar-refractivity contribution in [2.45, 2.75) is 31.2 Å². The summed E-state index contributed by atoms with van der Waals surface area (Å²) in [5.41, 5.74) is 8.19. The summed E-state index contributed by atoms with van der Waals surface area (Å²) in [5, 5.41) is 10.0. The molecule has 0 radical (unpaired) electrons. The number of rotatable bonds is 4. The van der Waals surface area contributed by atoms with Crippen LogP contribution in [-0.4, -0.2) is 47.1 Å².